The summed E-state index contributed by atoms with van der Waals surface area (Å²) in [5, 5.41) is 3.70. The molecule has 0 aliphatic rings. The second kappa shape index (κ2) is 10.5. The van der Waals surface area contributed by atoms with Crippen molar-refractivity contribution in [3.63, 3.8) is 0 Å². The second-order valence-electron chi connectivity index (χ2n) is 8.62. The number of thiophene rings is 1. The first-order valence-corrected chi connectivity index (χ1v) is 13.2. The molecule has 5 rings (SSSR count). The van der Waals surface area contributed by atoms with Crippen molar-refractivity contribution in [2.45, 2.75) is 24.6 Å². The smallest absolute Gasteiger partial charge is 0.333 e. The summed E-state index contributed by atoms with van der Waals surface area (Å²) >= 11 is 2.82. The van der Waals surface area contributed by atoms with E-state index in [1.54, 1.807) is 41.7 Å². The Morgan fingerprint density at radius 3 is 2.54 bits per heavy atom. The quantitative estimate of drug-likeness (QED) is 0.246. The van der Waals surface area contributed by atoms with Crippen molar-refractivity contribution in [1.82, 2.24) is 14.3 Å². The van der Waals surface area contributed by atoms with Gasteiger partial charge in [0.2, 0.25) is 0 Å². The van der Waals surface area contributed by atoms with E-state index in [0.717, 1.165) is 24.9 Å². The molecule has 37 heavy (non-hydrogen) atoms. The first-order valence-electron chi connectivity index (χ1n) is 11.6. The monoisotopic (exact) mass is 528 g/mol. The largest absolute Gasteiger partial charge is 0.381 e. The predicted molar refractivity (Wildman–Crippen MR) is 151 cm³/mol. The van der Waals surface area contributed by atoms with Crippen LogP contribution in [0.15, 0.2) is 92.7 Å². The number of rotatable bonds is 7. The van der Waals surface area contributed by atoms with Crippen molar-refractivity contribution in [1.29, 1.82) is 0 Å². The Kier molecular flexibility index (Phi) is 6.98. The minimum atomic E-state index is -0.575. The molecule has 5 aromatic rings. The Bertz CT molecular complexity index is 1720. The fourth-order valence-corrected chi connectivity index (χ4v) is 5.60. The average Bonchev–Trinajstić information content (AvgIpc) is 3.32. The SMILES string of the molecule is Cc1ccc(CNc2ccc3c(=O)n(-c4cccc(C(=O)NSc5ccc(C)s5)c4)c(=O)[nH]c3c2)cc1. The molecule has 2 aromatic heterocycles. The minimum Gasteiger partial charge on any atom is -0.381 e. The van der Waals surface area contributed by atoms with Crippen molar-refractivity contribution in [3.05, 3.63) is 121 Å². The van der Waals surface area contributed by atoms with Crippen molar-refractivity contribution >= 4 is 45.8 Å². The van der Waals surface area contributed by atoms with Gasteiger partial charge in [-0.2, -0.15) is 0 Å². The van der Waals surface area contributed by atoms with Crippen LogP contribution in [0.1, 0.15) is 26.4 Å². The summed E-state index contributed by atoms with van der Waals surface area (Å²) in [7, 11) is 0. The minimum absolute atomic E-state index is 0.313. The molecular formula is C28H24N4O3S2. The molecule has 186 valence electrons. The summed E-state index contributed by atoms with van der Waals surface area (Å²) in [6.45, 7) is 4.66. The lowest BCUT2D eigenvalue weighted by atomic mass is 10.1. The van der Waals surface area contributed by atoms with Gasteiger partial charge in [-0.1, -0.05) is 35.9 Å². The van der Waals surface area contributed by atoms with Crippen molar-refractivity contribution in [2.24, 2.45) is 0 Å². The normalized spacial score (nSPS) is 11.0. The maximum atomic E-state index is 13.3. The van der Waals surface area contributed by atoms with Crippen LogP contribution in [-0.4, -0.2) is 15.5 Å². The first-order chi connectivity index (χ1) is 17.9. The van der Waals surface area contributed by atoms with Gasteiger partial charge in [0.1, 0.15) is 0 Å². The van der Waals surface area contributed by atoms with Crippen LogP contribution in [-0.2, 0) is 6.54 Å². The van der Waals surface area contributed by atoms with Gasteiger partial charge in [-0.05, 0) is 79.9 Å². The van der Waals surface area contributed by atoms with E-state index in [-0.39, 0.29) is 5.91 Å². The molecule has 2 heterocycles. The molecule has 9 heteroatoms. The number of anilines is 1. The summed E-state index contributed by atoms with van der Waals surface area (Å²) in [6, 6.07) is 23.9. The molecular weight excluding hydrogens is 504 g/mol. The number of nitrogens with one attached hydrogen (secondary N) is 3. The molecule has 0 saturated carbocycles. The Hall–Kier alpha value is -4.08. The van der Waals surface area contributed by atoms with Crippen LogP contribution in [0.4, 0.5) is 5.69 Å². The highest BCUT2D eigenvalue weighted by molar-refractivity contribution is 7.99. The first kappa shape index (κ1) is 24.6. The molecule has 0 fully saturated rings. The van der Waals surface area contributed by atoms with Gasteiger partial charge in [0, 0.05) is 22.7 Å². The van der Waals surface area contributed by atoms with Crippen LogP contribution in [0.5, 0.6) is 0 Å². The summed E-state index contributed by atoms with van der Waals surface area (Å²) in [5.74, 6) is -0.313. The van der Waals surface area contributed by atoms with Crippen molar-refractivity contribution in [2.75, 3.05) is 5.32 Å². The van der Waals surface area contributed by atoms with E-state index in [1.807, 2.05) is 32.0 Å². The summed E-state index contributed by atoms with van der Waals surface area (Å²) in [6.07, 6.45) is 0. The number of carbonyl (C=O) groups excluding carboxylic acids is 1. The summed E-state index contributed by atoms with van der Waals surface area (Å²) in [5.41, 5.74) is 3.19. The number of aryl methyl sites for hydroxylation is 2. The second-order valence-corrected chi connectivity index (χ2v) is 11.0. The van der Waals surface area contributed by atoms with Gasteiger partial charge in [0.05, 0.1) is 20.8 Å². The molecule has 3 N–H and O–H groups in total. The number of H-pyrrole nitrogens is 1. The van der Waals surface area contributed by atoms with Gasteiger partial charge in [-0.3, -0.25) is 14.3 Å². The van der Waals surface area contributed by atoms with Crippen LogP contribution in [0.2, 0.25) is 0 Å². The lowest BCUT2D eigenvalue weighted by Crippen LogP contribution is -2.33. The Morgan fingerprint density at radius 2 is 1.78 bits per heavy atom. The number of amides is 1. The number of hydrogen-bond donors (Lipinski definition) is 3. The summed E-state index contributed by atoms with van der Waals surface area (Å²) in [4.78, 5) is 42.9. The third kappa shape index (κ3) is 5.52. The highest BCUT2D eigenvalue weighted by atomic mass is 32.2. The molecule has 0 bridgehead atoms. The highest BCUT2D eigenvalue weighted by Crippen LogP contribution is 2.25. The number of fused-ring (bicyclic) bond motifs is 1. The maximum absolute atomic E-state index is 13.3. The highest BCUT2D eigenvalue weighted by Gasteiger charge is 2.13. The lowest BCUT2D eigenvalue weighted by Gasteiger charge is -2.11. The molecule has 0 atom stereocenters. The van der Waals surface area contributed by atoms with E-state index in [9.17, 15) is 14.4 Å². The van der Waals surface area contributed by atoms with Crippen molar-refractivity contribution < 1.29 is 4.79 Å². The number of aromatic amines is 1. The molecule has 0 unspecified atom stereocenters. The van der Waals surface area contributed by atoms with Gasteiger partial charge in [0.15, 0.2) is 0 Å². The number of benzene rings is 3. The third-order valence-corrected chi connectivity index (χ3v) is 7.76. The molecule has 1 amide bonds. The average molecular weight is 529 g/mol. The Morgan fingerprint density at radius 1 is 0.973 bits per heavy atom. The molecule has 0 saturated heterocycles. The zero-order valence-electron chi connectivity index (χ0n) is 20.2. The fraction of sp³-hybridized carbons (Fsp3) is 0.107. The zero-order valence-corrected chi connectivity index (χ0v) is 21.8. The van der Waals surface area contributed by atoms with E-state index in [4.69, 9.17) is 0 Å². The van der Waals surface area contributed by atoms with E-state index < -0.39 is 11.2 Å². The van der Waals surface area contributed by atoms with E-state index in [0.29, 0.717) is 28.7 Å². The Balaban J connectivity index is 1.38. The fourth-order valence-electron chi connectivity index (χ4n) is 3.88. The maximum Gasteiger partial charge on any atom is 0.333 e. The van der Waals surface area contributed by atoms with Gasteiger partial charge < -0.3 is 10.3 Å². The van der Waals surface area contributed by atoms with Crippen LogP contribution >= 0.6 is 23.3 Å². The number of hydrogen-bond acceptors (Lipinski definition) is 6. The molecule has 7 nitrogen and oxygen atoms in total. The molecule has 0 aliphatic carbocycles. The van der Waals surface area contributed by atoms with Crippen LogP contribution < -0.4 is 21.3 Å². The van der Waals surface area contributed by atoms with Crippen LogP contribution in [0.3, 0.4) is 0 Å². The van der Waals surface area contributed by atoms with E-state index in [1.165, 1.54) is 23.6 Å². The van der Waals surface area contributed by atoms with Gasteiger partial charge in [-0.15, -0.1) is 11.3 Å². The predicted octanol–water partition coefficient (Wildman–Crippen LogP) is 5.41. The van der Waals surface area contributed by atoms with Gasteiger partial charge in [-0.25, -0.2) is 9.36 Å². The molecule has 3 aromatic carbocycles. The van der Waals surface area contributed by atoms with Gasteiger partial charge >= 0.3 is 5.69 Å². The van der Waals surface area contributed by atoms with Gasteiger partial charge in [0.25, 0.3) is 11.5 Å². The molecule has 0 aliphatic heterocycles. The summed E-state index contributed by atoms with van der Waals surface area (Å²) < 4.78 is 4.83. The standard InChI is InChI=1S/C28H24N4O3S2/c1-17-6-9-19(10-7-17)16-29-21-11-12-23-24(15-21)30-28(35)32(27(23)34)22-5-3-4-20(14-22)26(33)31-37-25-13-8-18(2)36-25/h3-15,29H,16H2,1-2H3,(H,30,35)(H,31,33). The van der Waals surface area contributed by atoms with Crippen LogP contribution in [0.25, 0.3) is 16.6 Å². The van der Waals surface area contributed by atoms with E-state index >= 15 is 0 Å². The lowest BCUT2D eigenvalue weighted by molar-refractivity contribution is 0.0984. The van der Waals surface area contributed by atoms with E-state index in [2.05, 4.69) is 39.3 Å². The van der Waals surface area contributed by atoms with Crippen molar-refractivity contribution in [3.8, 4) is 5.69 Å². The molecule has 0 spiro atoms. The third-order valence-electron chi connectivity index (χ3n) is 5.84. The number of aromatic nitrogens is 2. The number of carbonyl (C=O) groups is 1. The topological polar surface area (TPSA) is 96.0 Å². The Labute approximate surface area is 221 Å². The number of nitrogens with zero attached hydrogens (tertiary/aromatic N) is 1. The van der Waals surface area contributed by atoms with Crippen LogP contribution in [0, 0.1) is 13.8 Å². The molecule has 0 radical (unpaired) electrons. The zero-order chi connectivity index (χ0) is 25.9.